The third kappa shape index (κ3) is 4.34. The summed E-state index contributed by atoms with van der Waals surface area (Å²) >= 11 is 0. The van der Waals surface area contributed by atoms with Crippen LogP contribution >= 0.6 is 0 Å². The molecule has 0 aliphatic rings. The SMILES string of the molecule is CCOC(=O)CNc1ccc(C(F)(F)F)cc1. The molecule has 3 nitrogen and oxygen atoms in total. The molecular weight excluding hydrogens is 235 g/mol. The van der Waals surface area contributed by atoms with Crippen LogP contribution in [-0.4, -0.2) is 19.1 Å². The van der Waals surface area contributed by atoms with Crippen LogP contribution < -0.4 is 5.32 Å². The molecule has 1 aromatic rings. The van der Waals surface area contributed by atoms with Gasteiger partial charge in [-0.15, -0.1) is 0 Å². The number of nitrogens with one attached hydrogen (secondary N) is 1. The minimum Gasteiger partial charge on any atom is -0.465 e. The molecule has 1 aromatic carbocycles. The Hall–Kier alpha value is -1.72. The standard InChI is InChI=1S/C11H12F3NO2/c1-2-17-10(16)7-15-9-5-3-8(4-6-9)11(12,13)14/h3-6,15H,2,7H2,1H3. The Morgan fingerprint density at radius 2 is 1.88 bits per heavy atom. The molecule has 17 heavy (non-hydrogen) atoms. The number of benzene rings is 1. The van der Waals surface area contributed by atoms with Gasteiger partial charge in [0, 0.05) is 5.69 Å². The molecular formula is C11H12F3NO2. The van der Waals surface area contributed by atoms with Crippen molar-refractivity contribution >= 4 is 11.7 Å². The van der Waals surface area contributed by atoms with Crippen molar-refractivity contribution in [1.29, 1.82) is 0 Å². The van der Waals surface area contributed by atoms with Crippen LogP contribution in [0.1, 0.15) is 12.5 Å². The van der Waals surface area contributed by atoms with Crippen molar-refractivity contribution in [2.24, 2.45) is 0 Å². The number of halogens is 3. The Labute approximate surface area is 96.6 Å². The second kappa shape index (κ2) is 5.56. The van der Waals surface area contributed by atoms with Crippen LogP contribution in [0.3, 0.4) is 0 Å². The Morgan fingerprint density at radius 1 is 1.29 bits per heavy atom. The van der Waals surface area contributed by atoms with E-state index >= 15 is 0 Å². The van der Waals surface area contributed by atoms with Crippen molar-refractivity contribution in [3.63, 3.8) is 0 Å². The van der Waals surface area contributed by atoms with Crippen molar-refractivity contribution in [2.75, 3.05) is 18.5 Å². The normalized spacial score (nSPS) is 11.1. The minimum absolute atomic E-state index is 0.0702. The lowest BCUT2D eigenvalue weighted by molar-refractivity contribution is -0.141. The molecule has 0 saturated heterocycles. The van der Waals surface area contributed by atoms with E-state index in [1.165, 1.54) is 12.1 Å². The van der Waals surface area contributed by atoms with E-state index < -0.39 is 17.7 Å². The molecule has 0 amide bonds. The molecule has 0 fully saturated rings. The first-order valence-electron chi connectivity index (χ1n) is 5.00. The molecule has 0 aromatic heterocycles. The van der Waals surface area contributed by atoms with Crippen LogP contribution in [0, 0.1) is 0 Å². The quantitative estimate of drug-likeness (QED) is 0.831. The van der Waals surface area contributed by atoms with Gasteiger partial charge in [-0.05, 0) is 31.2 Å². The molecule has 0 aliphatic carbocycles. The summed E-state index contributed by atoms with van der Waals surface area (Å²) in [5, 5.41) is 2.67. The summed E-state index contributed by atoms with van der Waals surface area (Å²) in [4.78, 5) is 11.0. The summed E-state index contributed by atoms with van der Waals surface area (Å²) in [6, 6.07) is 4.44. The highest BCUT2D eigenvalue weighted by Gasteiger charge is 2.29. The molecule has 0 atom stereocenters. The molecule has 94 valence electrons. The first-order valence-corrected chi connectivity index (χ1v) is 5.00. The zero-order chi connectivity index (χ0) is 12.9. The van der Waals surface area contributed by atoms with E-state index in [4.69, 9.17) is 0 Å². The Balaban J connectivity index is 2.54. The number of carbonyl (C=O) groups excluding carboxylic acids is 1. The zero-order valence-corrected chi connectivity index (χ0v) is 9.17. The molecule has 0 bridgehead atoms. The number of hydrogen-bond acceptors (Lipinski definition) is 3. The van der Waals surface area contributed by atoms with Crippen molar-refractivity contribution in [3.05, 3.63) is 29.8 Å². The number of esters is 1. The predicted octanol–water partition coefficient (Wildman–Crippen LogP) is 2.68. The summed E-state index contributed by atoms with van der Waals surface area (Å²) in [6.07, 6.45) is -4.35. The van der Waals surface area contributed by atoms with Crippen LogP contribution in [0.2, 0.25) is 0 Å². The van der Waals surface area contributed by atoms with E-state index in [1.54, 1.807) is 6.92 Å². The highest BCUT2D eigenvalue weighted by molar-refractivity contribution is 5.74. The van der Waals surface area contributed by atoms with Gasteiger partial charge in [-0.3, -0.25) is 4.79 Å². The van der Waals surface area contributed by atoms with E-state index in [-0.39, 0.29) is 13.2 Å². The van der Waals surface area contributed by atoms with Crippen molar-refractivity contribution in [3.8, 4) is 0 Å². The molecule has 0 heterocycles. The second-order valence-corrected chi connectivity index (χ2v) is 3.23. The largest absolute Gasteiger partial charge is 0.465 e. The molecule has 0 radical (unpaired) electrons. The van der Waals surface area contributed by atoms with Gasteiger partial charge in [0.05, 0.1) is 12.2 Å². The van der Waals surface area contributed by atoms with Gasteiger partial charge in [0.2, 0.25) is 0 Å². The maximum Gasteiger partial charge on any atom is 0.416 e. The summed E-state index contributed by atoms with van der Waals surface area (Å²) in [5.74, 6) is -0.451. The molecule has 1 N–H and O–H groups in total. The second-order valence-electron chi connectivity index (χ2n) is 3.23. The fourth-order valence-electron chi connectivity index (χ4n) is 1.16. The van der Waals surface area contributed by atoms with Gasteiger partial charge < -0.3 is 10.1 Å². The van der Waals surface area contributed by atoms with Crippen molar-refractivity contribution in [2.45, 2.75) is 13.1 Å². The predicted molar refractivity (Wildman–Crippen MR) is 56.6 cm³/mol. The van der Waals surface area contributed by atoms with Crippen molar-refractivity contribution in [1.82, 2.24) is 0 Å². The van der Waals surface area contributed by atoms with E-state index in [0.717, 1.165) is 12.1 Å². The van der Waals surface area contributed by atoms with Crippen LogP contribution in [0.15, 0.2) is 24.3 Å². The van der Waals surface area contributed by atoms with E-state index in [0.29, 0.717) is 5.69 Å². The highest BCUT2D eigenvalue weighted by atomic mass is 19.4. The molecule has 0 spiro atoms. The molecule has 0 saturated carbocycles. The summed E-state index contributed by atoms with van der Waals surface area (Å²) < 4.78 is 41.4. The lowest BCUT2D eigenvalue weighted by Gasteiger charge is -2.09. The first kappa shape index (κ1) is 13.3. The third-order valence-electron chi connectivity index (χ3n) is 1.95. The molecule has 6 heteroatoms. The van der Waals surface area contributed by atoms with Gasteiger partial charge in [0.25, 0.3) is 0 Å². The fraction of sp³-hybridized carbons (Fsp3) is 0.364. The first-order chi connectivity index (χ1) is 7.93. The average molecular weight is 247 g/mol. The Morgan fingerprint density at radius 3 is 2.35 bits per heavy atom. The smallest absolute Gasteiger partial charge is 0.416 e. The van der Waals surface area contributed by atoms with Crippen LogP contribution in [0.4, 0.5) is 18.9 Å². The van der Waals surface area contributed by atoms with E-state index in [1.807, 2.05) is 0 Å². The van der Waals surface area contributed by atoms with Gasteiger partial charge >= 0.3 is 12.1 Å². The zero-order valence-electron chi connectivity index (χ0n) is 9.17. The van der Waals surface area contributed by atoms with E-state index in [9.17, 15) is 18.0 Å². The van der Waals surface area contributed by atoms with E-state index in [2.05, 4.69) is 10.1 Å². The highest BCUT2D eigenvalue weighted by Crippen LogP contribution is 2.29. The van der Waals surface area contributed by atoms with Gasteiger partial charge in [-0.2, -0.15) is 13.2 Å². The van der Waals surface area contributed by atoms with Crippen LogP contribution in [-0.2, 0) is 15.7 Å². The topological polar surface area (TPSA) is 38.3 Å². The van der Waals surface area contributed by atoms with Crippen LogP contribution in [0.5, 0.6) is 0 Å². The molecule has 0 unspecified atom stereocenters. The van der Waals surface area contributed by atoms with Crippen LogP contribution in [0.25, 0.3) is 0 Å². The minimum atomic E-state index is -4.35. The number of anilines is 1. The molecule has 1 rings (SSSR count). The number of alkyl halides is 3. The van der Waals surface area contributed by atoms with Crippen molar-refractivity contribution < 1.29 is 22.7 Å². The summed E-state index contributed by atoms with van der Waals surface area (Å²) in [5.41, 5.74) is -0.287. The van der Waals surface area contributed by atoms with Gasteiger partial charge in [-0.1, -0.05) is 0 Å². The fourth-order valence-corrected chi connectivity index (χ4v) is 1.16. The summed E-state index contributed by atoms with van der Waals surface area (Å²) in [7, 11) is 0. The average Bonchev–Trinajstić information content (AvgIpc) is 2.26. The maximum atomic E-state index is 12.2. The summed E-state index contributed by atoms with van der Waals surface area (Å²) in [6.45, 7) is 1.88. The monoisotopic (exact) mass is 247 g/mol. The lowest BCUT2D eigenvalue weighted by Crippen LogP contribution is -2.16. The number of ether oxygens (including phenoxy) is 1. The van der Waals surface area contributed by atoms with Gasteiger partial charge in [-0.25, -0.2) is 0 Å². The maximum absolute atomic E-state index is 12.2. The van der Waals surface area contributed by atoms with Gasteiger partial charge in [0.1, 0.15) is 6.54 Å². The molecule has 0 aliphatic heterocycles. The third-order valence-corrected chi connectivity index (χ3v) is 1.95. The number of hydrogen-bond donors (Lipinski definition) is 1. The Kier molecular flexibility index (Phi) is 4.37. The lowest BCUT2D eigenvalue weighted by atomic mass is 10.2. The Bertz CT molecular complexity index is 373. The van der Waals surface area contributed by atoms with Gasteiger partial charge in [0.15, 0.2) is 0 Å². The number of rotatable bonds is 4. The number of carbonyl (C=O) groups is 1.